The number of aromatic nitrogens is 1. The molecule has 4 nitrogen and oxygen atoms in total. The first-order valence-corrected chi connectivity index (χ1v) is 11.4. The van der Waals surface area contributed by atoms with Gasteiger partial charge in [0.2, 0.25) is 0 Å². The lowest BCUT2D eigenvalue weighted by atomic mass is 9.74. The number of benzene rings is 2. The molecule has 2 aromatic carbocycles. The Morgan fingerprint density at radius 1 is 0.875 bits per heavy atom. The average Bonchev–Trinajstić information content (AvgIpc) is 3.36. The van der Waals surface area contributed by atoms with E-state index in [1.165, 1.54) is 29.5 Å². The lowest BCUT2D eigenvalue weighted by Crippen LogP contribution is -2.35. The minimum atomic E-state index is 0.369. The summed E-state index contributed by atoms with van der Waals surface area (Å²) in [5.74, 6) is 2.95. The molecule has 160 valence electrons. The summed E-state index contributed by atoms with van der Waals surface area (Å²) >= 11 is 0. The number of hydrogen-bond donors (Lipinski definition) is 0. The van der Waals surface area contributed by atoms with Crippen molar-refractivity contribution in [2.45, 2.75) is 25.3 Å². The van der Waals surface area contributed by atoms with Gasteiger partial charge in [0.1, 0.15) is 11.5 Å². The van der Waals surface area contributed by atoms with E-state index in [1.54, 1.807) is 6.26 Å². The number of pyridine rings is 1. The monoisotopic (exact) mass is 422 g/mol. The molecule has 32 heavy (non-hydrogen) atoms. The number of nitrogens with zero attached hydrogens (tertiary/aromatic N) is 2. The highest BCUT2D eigenvalue weighted by atomic mass is 16.5. The molecule has 1 saturated heterocycles. The fourth-order valence-electron chi connectivity index (χ4n) is 5.30. The SMILES string of the molecule is c1cncc(-c2ccc3c(c2)Oc2ccccc2C3C2CCN(Cc3ccoc3)CC2)c1. The largest absolute Gasteiger partial charge is 0.472 e. The molecular formula is C28H26N2O2. The third-order valence-electron chi connectivity index (χ3n) is 6.91. The molecule has 1 unspecified atom stereocenters. The third kappa shape index (κ3) is 3.61. The number of furan rings is 1. The minimum absolute atomic E-state index is 0.369. The summed E-state index contributed by atoms with van der Waals surface area (Å²) in [5, 5.41) is 0. The molecule has 0 aliphatic carbocycles. The molecule has 0 N–H and O–H groups in total. The fourth-order valence-corrected chi connectivity index (χ4v) is 5.30. The zero-order valence-corrected chi connectivity index (χ0v) is 18.0. The number of piperidine rings is 1. The zero-order chi connectivity index (χ0) is 21.3. The van der Waals surface area contributed by atoms with Gasteiger partial charge in [0.05, 0.1) is 12.5 Å². The van der Waals surface area contributed by atoms with Crippen LogP contribution in [-0.2, 0) is 6.54 Å². The van der Waals surface area contributed by atoms with E-state index in [0.717, 1.165) is 42.3 Å². The molecule has 4 aromatic rings. The Bertz CT molecular complexity index is 1200. The number of rotatable bonds is 4. The second kappa shape index (κ2) is 8.29. The Hall–Kier alpha value is -3.37. The Morgan fingerprint density at radius 2 is 1.75 bits per heavy atom. The molecule has 1 fully saturated rings. The van der Waals surface area contributed by atoms with Crippen LogP contribution >= 0.6 is 0 Å². The van der Waals surface area contributed by atoms with Crippen LogP contribution in [0, 0.1) is 5.92 Å². The number of fused-ring (bicyclic) bond motifs is 2. The smallest absolute Gasteiger partial charge is 0.131 e. The van der Waals surface area contributed by atoms with Gasteiger partial charge in [-0.2, -0.15) is 0 Å². The van der Waals surface area contributed by atoms with Crippen LogP contribution in [-0.4, -0.2) is 23.0 Å². The van der Waals surface area contributed by atoms with Crippen molar-refractivity contribution >= 4 is 0 Å². The van der Waals surface area contributed by atoms with Crippen LogP contribution in [0.15, 0.2) is 90.0 Å². The van der Waals surface area contributed by atoms with Gasteiger partial charge in [0.25, 0.3) is 0 Å². The predicted molar refractivity (Wildman–Crippen MR) is 125 cm³/mol. The summed E-state index contributed by atoms with van der Waals surface area (Å²) in [6.45, 7) is 3.19. The van der Waals surface area contributed by atoms with Crippen molar-refractivity contribution in [2.75, 3.05) is 13.1 Å². The molecule has 0 spiro atoms. The summed E-state index contributed by atoms with van der Waals surface area (Å²) in [6, 6.07) is 21.4. The van der Waals surface area contributed by atoms with Crippen LogP contribution in [0.4, 0.5) is 0 Å². The van der Waals surface area contributed by atoms with Crippen molar-refractivity contribution in [3.05, 3.63) is 102 Å². The molecule has 1 atom stereocenters. The van der Waals surface area contributed by atoms with Crippen LogP contribution < -0.4 is 4.74 Å². The van der Waals surface area contributed by atoms with E-state index in [0.29, 0.717) is 11.8 Å². The van der Waals surface area contributed by atoms with Gasteiger partial charge in [-0.1, -0.05) is 36.4 Å². The molecule has 4 heterocycles. The Morgan fingerprint density at radius 3 is 2.56 bits per heavy atom. The number of hydrogen-bond acceptors (Lipinski definition) is 4. The van der Waals surface area contributed by atoms with E-state index >= 15 is 0 Å². The minimum Gasteiger partial charge on any atom is -0.472 e. The van der Waals surface area contributed by atoms with Gasteiger partial charge in [-0.05, 0) is 61.7 Å². The second-order valence-electron chi connectivity index (χ2n) is 8.86. The molecule has 0 saturated carbocycles. The summed E-state index contributed by atoms with van der Waals surface area (Å²) < 4.78 is 11.7. The molecule has 0 amide bonds. The highest BCUT2D eigenvalue weighted by molar-refractivity contribution is 5.67. The number of para-hydroxylation sites is 1. The highest BCUT2D eigenvalue weighted by Gasteiger charge is 2.35. The zero-order valence-electron chi connectivity index (χ0n) is 18.0. The van der Waals surface area contributed by atoms with Gasteiger partial charge < -0.3 is 9.15 Å². The van der Waals surface area contributed by atoms with Crippen molar-refractivity contribution in [2.24, 2.45) is 5.92 Å². The van der Waals surface area contributed by atoms with Crippen LogP contribution in [0.25, 0.3) is 11.1 Å². The van der Waals surface area contributed by atoms with E-state index in [2.05, 4.69) is 64.5 Å². The maximum Gasteiger partial charge on any atom is 0.131 e. The molecule has 2 aromatic heterocycles. The van der Waals surface area contributed by atoms with E-state index < -0.39 is 0 Å². The molecule has 4 heteroatoms. The van der Waals surface area contributed by atoms with Crippen molar-refractivity contribution in [1.29, 1.82) is 0 Å². The maximum atomic E-state index is 6.41. The maximum absolute atomic E-state index is 6.41. The van der Waals surface area contributed by atoms with Gasteiger partial charge in [-0.3, -0.25) is 9.88 Å². The van der Waals surface area contributed by atoms with Crippen molar-refractivity contribution in [3.63, 3.8) is 0 Å². The molecule has 2 aliphatic rings. The van der Waals surface area contributed by atoms with Crippen molar-refractivity contribution in [1.82, 2.24) is 9.88 Å². The molecular weight excluding hydrogens is 396 g/mol. The van der Waals surface area contributed by atoms with Crippen LogP contribution in [0.2, 0.25) is 0 Å². The lowest BCUT2D eigenvalue weighted by molar-refractivity contribution is 0.166. The van der Waals surface area contributed by atoms with Crippen LogP contribution in [0.1, 0.15) is 35.4 Å². The summed E-state index contributed by atoms with van der Waals surface area (Å²) in [5.41, 5.74) is 6.15. The normalized spacial score (nSPS) is 18.6. The van der Waals surface area contributed by atoms with Gasteiger partial charge in [0, 0.05) is 47.1 Å². The average molecular weight is 423 g/mol. The van der Waals surface area contributed by atoms with Crippen LogP contribution in [0.5, 0.6) is 11.5 Å². The standard InChI is InChI=1S/C28H26N2O2/c1-2-6-26-24(5-1)28(21-9-13-30(14-10-21)18-20-11-15-31-19-20)25-8-7-22(16-27(25)32-26)23-4-3-12-29-17-23/h1-8,11-12,15-17,19,21,28H,9-10,13-14,18H2. The van der Waals surface area contributed by atoms with E-state index in [-0.39, 0.29) is 0 Å². The summed E-state index contributed by atoms with van der Waals surface area (Å²) in [6.07, 6.45) is 9.70. The molecule has 6 rings (SSSR count). The first-order valence-electron chi connectivity index (χ1n) is 11.4. The highest BCUT2D eigenvalue weighted by Crippen LogP contribution is 2.50. The molecule has 0 radical (unpaired) electrons. The van der Waals surface area contributed by atoms with Gasteiger partial charge >= 0.3 is 0 Å². The number of ether oxygens (including phenoxy) is 1. The fraction of sp³-hybridized carbons (Fsp3) is 0.250. The Labute approximate surface area is 188 Å². The first kappa shape index (κ1) is 19.3. The van der Waals surface area contributed by atoms with Crippen molar-refractivity contribution < 1.29 is 9.15 Å². The number of likely N-dealkylation sites (tertiary alicyclic amines) is 1. The van der Waals surface area contributed by atoms with Gasteiger partial charge in [-0.15, -0.1) is 0 Å². The predicted octanol–water partition coefficient (Wildman–Crippen LogP) is 6.49. The lowest BCUT2D eigenvalue weighted by Gasteiger charge is -2.39. The molecule has 0 bridgehead atoms. The Kier molecular flexibility index (Phi) is 5.00. The van der Waals surface area contributed by atoms with Crippen LogP contribution in [0.3, 0.4) is 0 Å². The van der Waals surface area contributed by atoms with E-state index in [9.17, 15) is 0 Å². The topological polar surface area (TPSA) is 38.5 Å². The van der Waals surface area contributed by atoms with Gasteiger partial charge in [-0.25, -0.2) is 0 Å². The summed E-state index contributed by atoms with van der Waals surface area (Å²) in [4.78, 5) is 6.82. The van der Waals surface area contributed by atoms with Crippen molar-refractivity contribution in [3.8, 4) is 22.6 Å². The summed E-state index contributed by atoms with van der Waals surface area (Å²) in [7, 11) is 0. The quantitative estimate of drug-likeness (QED) is 0.377. The first-order chi connectivity index (χ1) is 15.8. The third-order valence-corrected chi connectivity index (χ3v) is 6.91. The molecule has 2 aliphatic heterocycles. The second-order valence-corrected chi connectivity index (χ2v) is 8.86. The van der Waals surface area contributed by atoms with E-state index in [1.807, 2.05) is 24.7 Å². The van der Waals surface area contributed by atoms with E-state index in [4.69, 9.17) is 9.15 Å². The van der Waals surface area contributed by atoms with Gasteiger partial charge in [0.15, 0.2) is 0 Å². The Balaban J connectivity index is 1.29.